The molecular weight excluding hydrogens is 246 g/mol. The van der Waals surface area contributed by atoms with Crippen LogP contribution in [0, 0.1) is 27.7 Å². The number of hydrogen-bond acceptors (Lipinski definition) is 0. The molecule has 0 amide bonds. The molecule has 0 saturated carbocycles. The molecule has 0 atom stereocenters. The van der Waals surface area contributed by atoms with Crippen LogP contribution in [0.1, 0.15) is 21.7 Å². The summed E-state index contributed by atoms with van der Waals surface area (Å²) in [5.74, 6) is 0. The fraction of sp³-hybridized carbons (Fsp3) is 0.500. The van der Waals surface area contributed by atoms with Gasteiger partial charge in [-0.3, -0.25) is 0 Å². The van der Waals surface area contributed by atoms with E-state index in [1.54, 1.807) is 0 Å². The molecule has 68 valence electrons. The molecule has 0 radical (unpaired) electrons. The van der Waals surface area contributed by atoms with Gasteiger partial charge in [-0.15, -0.1) is 5.30 Å². The molecule has 0 bridgehead atoms. The molecule has 4 heteroatoms. The summed E-state index contributed by atoms with van der Waals surface area (Å²) in [6, 6.07) is 0. The van der Waals surface area contributed by atoms with Crippen LogP contribution >= 0.6 is 26.8 Å². The predicted molar refractivity (Wildman–Crippen MR) is 55.2 cm³/mol. The normalized spacial score (nSPS) is 9.50. The van der Waals surface area contributed by atoms with E-state index in [4.69, 9.17) is 18.6 Å². The minimum atomic E-state index is -0.556. The van der Waals surface area contributed by atoms with Crippen molar-refractivity contribution < 1.29 is 17.0 Å². The molecule has 0 nitrogen and oxygen atoms in total. The Morgan fingerprint density at radius 3 is 1.75 bits per heavy atom. The molecule has 1 aromatic heterocycles. The van der Waals surface area contributed by atoms with Gasteiger partial charge in [0.1, 0.15) is 0 Å². The van der Waals surface area contributed by atoms with E-state index >= 15 is 0 Å². The first-order valence-corrected chi connectivity index (χ1v) is 8.77. The second-order valence-electron chi connectivity index (χ2n) is 2.60. The Bertz CT molecular complexity index is 223. The van der Waals surface area contributed by atoms with Crippen molar-refractivity contribution in [3.63, 3.8) is 0 Å². The van der Waals surface area contributed by atoms with Crippen LogP contribution in [0.25, 0.3) is 0 Å². The summed E-state index contributed by atoms with van der Waals surface area (Å²) in [7, 11) is 11.2. The molecule has 0 unspecified atom stereocenters. The van der Waals surface area contributed by atoms with Gasteiger partial charge in [-0.25, -0.2) is 8.19 Å². The summed E-state index contributed by atoms with van der Waals surface area (Å²) in [5, 5.41) is 3.04. The number of hydrogen-bond donors (Lipinski definition) is 0. The zero-order valence-electron chi connectivity index (χ0n) is 7.70. The monoisotopic (exact) mass is 257 g/mol. The average Bonchev–Trinajstić information content (AvgIpc) is 2.20. The Morgan fingerprint density at radius 1 is 1.25 bits per heavy atom. The second-order valence-corrected chi connectivity index (χ2v) is 6.75. The van der Waals surface area contributed by atoms with Crippen molar-refractivity contribution in [2.45, 2.75) is 27.7 Å². The van der Waals surface area contributed by atoms with Crippen molar-refractivity contribution in [1.29, 1.82) is 0 Å². The van der Waals surface area contributed by atoms with E-state index in [0.29, 0.717) is 0 Å². The molecular formula is C8H12Cl2PTi-. The fourth-order valence-electron chi connectivity index (χ4n) is 0.962. The second kappa shape index (κ2) is 6.52. The van der Waals surface area contributed by atoms with Crippen molar-refractivity contribution >= 4 is 26.8 Å². The van der Waals surface area contributed by atoms with Gasteiger partial charge in [-0.1, -0.05) is 27.7 Å². The third kappa shape index (κ3) is 3.86. The van der Waals surface area contributed by atoms with E-state index < -0.39 is 17.0 Å². The van der Waals surface area contributed by atoms with Gasteiger partial charge < -0.3 is 0 Å². The topological polar surface area (TPSA) is 0 Å². The Balaban J connectivity index is 0.000000354. The van der Waals surface area contributed by atoms with Crippen molar-refractivity contribution in [3.8, 4) is 0 Å². The van der Waals surface area contributed by atoms with Gasteiger partial charge in [-0.05, 0) is 0 Å². The zero-order valence-corrected chi connectivity index (χ0v) is 11.7. The van der Waals surface area contributed by atoms with Crippen molar-refractivity contribution in [2.75, 3.05) is 0 Å². The molecule has 0 aliphatic rings. The van der Waals surface area contributed by atoms with Gasteiger partial charge in [0.2, 0.25) is 0 Å². The van der Waals surface area contributed by atoms with E-state index in [1.165, 1.54) is 29.9 Å². The van der Waals surface area contributed by atoms with Gasteiger partial charge >= 0.3 is 35.6 Å². The van der Waals surface area contributed by atoms with E-state index in [0.717, 1.165) is 0 Å². The molecule has 0 aliphatic carbocycles. The van der Waals surface area contributed by atoms with Crippen LogP contribution in [0.15, 0.2) is 0 Å². The van der Waals surface area contributed by atoms with Crippen LogP contribution < -0.4 is 0 Å². The Kier molecular flexibility index (Phi) is 7.10. The van der Waals surface area contributed by atoms with E-state index in [9.17, 15) is 0 Å². The number of aryl methyl sites for hydroxylation is 2. The van der Waals surface area contributed by atoms with Crippen molar-refractivity contribution in [3.05, 3.63) is 21.7 Å². The molecule has 0 aromatic carbocycles. The SMILES string of the molecule is Cc1p[c-](C)c(C)c1C.[Cl][Ti][Cl]. The Morgan fingerprint density at radius 2 is 1.67 bits per heavy atom. The fourth-order valence-corrected chi connectivity index (χ4v) is 2.14. The molecule has 1 rings (SSSR count). The van der Waals surface area contributed by atoms with E-state index in [2.05, 4.69) is 27.7 Å². The third-order valence-corrected chi connectivity index (χ3v) is 3.32. The first kappa shape index (κ1) is 13.1. The van der Waals surface area contributed by atoms with Crippen LogP contribution in [-0.2, 0) is 17.0 Å². The summed E-state index contributed by atoms with van der Waals surface area (Å²) in [4.78, 5) is 0. The Labute approximate surface area is 92.8 Å². The predicted octanol–water partition coefficient (Wildman–Crippen LogP) is 4.60. The van der Waals surface area contributed by atoms with E-state index in [-0.39, 0.29) is 0 Å². The van der Waals surface area contributed by atoms with Crippen molar-refractivity contribution in [2.24, 2.45) is 0 Å². The van der Waals surface area contributed by atoms with Crippen LogP contribution in [-0.4, -0.2) is 0 Å². The van der Waals surface area contributed by atoms with Crippen LogP contribution in [0.4, 0.5) is 0 Å². The molecule has 12 heavy (non-hydrogen) atoms. The molecule has 0 spiro atoms. The summed E-state index contributed by atoms with van der Waals surface area (Å²) < 4.78 is 0. The molecule has 1 aromatic rings. The van der Waals surface area contributed by atoms with Crippen LogP contribution in [0.2, 0.25) is 0 Å². The minimum absolute atomic E-state index is 0.556. The zero-order chi connectivity index (χ0) is 9.72. The first-order valence-electron chi connectivity index (χ1n) is 3.58. The van der Waals surface area contributed by atoms with E-state index in [1.807, 2.05) is 0 Å². The van der Waals surface area contributed by atoms with Gasteiger partial charge in [0, 0.05) is 0 Å². The third-order valence-electron chi connectivity index (χ3n) is 1.98. The maximum atomic E-state index is 4.89. The van der Waals surface area contributed by atoms with Crippen LogP contribution in [0.5, 0.6) is 0 Å². The molecule has 0 N–H and O–H groups in total. The van der Waals surface area contributed by atoms with Crippen molar-refractivity contribution in [1.82, 2.24) is 0 Å². The molecule has 0 fully saturated rings. The van der Waals surface area contributed by atoms with Gasteiger partial charge in [0.05, 0.1) is 0 Å². The van der Waals surface area contributed by atoms with Gasteiger partial charge in [0.15, 0.2) is 0 Å². The first-order chi connectivity index (χ1) is 5.54. The maximum absolute atomic E-state index is 4.89. The number of rotatable bonds is 0. The standard InChI is InChI=1S/C8H12P.2ClH.Ti/c1-5-6(2)8(4)9-7(5)3;;;/h1-4H3;2*1H;/q-1;;;+2/p-2. The van der Waals surface area contributed by atoms with Crippen LogP contribution in [0.3, 0.4) is 0 Å². The molecule has 0 saturated heterocycles. The number of halogens is 2. The summed E-state index contributed by atoms with van der Waals surface area (Å²) >= 11 is -0.556. The summed E-state index contributed by atoms with van der Waals surface area (Å²) in [6.07, 6.45) is 0. The Hall–Kier alpha value is 1.07. The molecule has 0 aliphatic heterocycles. The van der Waals surface area contributed by atoms with Gasteiger partial charge in [-0.2, -0.15) is 16.4 Å². The van der Waals surface area contributed by atoms with Gasteiger partial charge in [0.25, 0.3) is 0 Å². The summed E-state index contributed by atoms with van der Waals surface area (Å²) in [6.45, 7) is 8.82. The summed E-state index contributed by atoms with van der Waals surface area (Å²) in [5.41, 5.74) is 2.99. The average molecular weight is 258 g/mol. The quantitative estimate of drug-likeness (QED) is 0.471. The molecule has 1 heterocycles.